The van der Waals surface area contributed by atoms with E-state index in [0.29, 0.717) is 5.56 Å². The first kappa shape index (κ1) is 19.8. The van der Waals surface area contributed by atoms with Gasteiger partial charge in [0.05, 0.1) is 22.6 Å². The second-order valence-electron chi connectivity index (χ2n) is 5.61. The molecule has 0 atom stereocenters. The standard InChI is InChI=1S/C16H14ClF3N2O4/c17-12-7-10(8-21)1-2-13(12)26-14(23)11-3-5-22(6-4-11)15(24)25-9-16(18,19)20/h1-2,7,11H,3-6,9H2. The fourth-order valence-corrected chi connectivity index (χ4v) is 2.60. The van der Waals surface area contributed by atoms with E-state index < -0.39 is 30.8 Å². The number of halogens is 4. The summed E-state index contributed by atoms with van der Waals surface area (Å²) in [5.74, 6) is -0.962. The van der Waals surface area contributed by atoms with Crippen LogP contribution in [0.1, 0.15) is 18.4 Å². The van der Waals surface area contributed by atoms with E-state index in [1.54, 1.807) is 0 Å². The van der Waals surface area contributed by atoms with Crippen molar-refractivity contribution in [1.82, 2.24) is 4.90 Å². The maximum atomic E-state index is 12.2. The van der Waals surface area contributed by atoms with Gasteiger partial charge in [-0.3, -0.25) is 4.79 Å². The molecule has 1 heterocycles. The molecule has 0 aliphatic carbocycles. The van der Waals surface area contributed by atoms with Crippen LogP contribution in [0.3, 0.4) is 0 Å². The molecule has 140 valence electrons. The molecule has 1 aromatic rings. The highest BCUT2D eigenvalue weighted by atomic mass is 35.5. The summed E-state index contributed by atoms with van der Waals surface area (Å²) < 4.78 is 45.5. The minimum atomic E-state index is -4.59. The summed E-state index contributed by atoms with van der Waals surface area (Å²) in [6, 6.07) is 6.12. The van der Waals surface area contributed by atoms with Crippen LogP contribution in [0.25, 0.3) is 0 Å². The maximum absolute atomic E-state index is 12.2. The Morgan fingerprint density at radius 1 is 1.31 bits per heavy atom. The number of nitrogens with zero attached hydrogens (tertiary/aromatic N) is 2. The SMILES string of the molecule is N#Cc1ccc(OC(=O)C2CCN(C(=O)OCC(F)(F)F)CC2)c(Cl)c1. The third kappa shape index (κ3) is 5.52. The molecular weight excluding hydrogens is 377 g/mol. The molecule has 2 rings (SSSR count). The number of hydrogen-bond acceptors (Lipinski definition) is 5. The van der Waals surface area contributed by atoms with Crippen molar-refractivity contribution in [1.29, 1.82) is 5.26 Å². The first-order valence-corrected chi connectivity index (χ1v) is 7.97. The number of carbonyl (C=O) groups excluding carboxylic acids is 2. The van der Waals surface area contributed by atoms with Gasteiger partial charge in [-0.25, -0.2) is 4.79 Å². The summed E-state index contributed by atoms with van der Waals surface area (Å²) in [7, 11) is 0. The van der Waals surface area contributed by atoms with E-state index in [4.69, 9.17) is 21.6 Å². The first-order valence-electron chi connectivity index (χ1n) is 7.59. The summed E-state index contributed by atoms with van der Waals surface area (Å²) in [4.78, 5) is 24.9. The molecule has 0 spiro atoms. The van der Waals surface area contributed by atoms with E-state index in [1.807, 2.05) is 6.07 Å². The Morgan fingerprint density at radius 2 is 1.96 bits per heavy atom. The average molecular weight is 391 g/mol. The number of carbonyl (C=O) groups is 2. The molecule has 1 amide bonds. The fourth-order valence-electron chi connectivity index (χ4n) is 2.38. The van der Waals surface area contributed by atoms with Crippen molar-refractivity contribution in [2.75, 3.05) is 19.7 Å². The molecule has 0 saturated carbocycles. The molecule has 0 bridgehead atoms. The van der Waals surface area contributed by atoms with Gasteiger partial charge in [-0.2, -0.15) is 18.4 Å². The van der Waals surface area contributed by atoms with Gasteiger partial charge in [0.1, 0.15) is 5.75 Å². The first-order chi connectivity index (χ1) is 12.2. The van der Waals surface area contributed by atoms with Crippen LogP contribution in [0.5, 0.6) is 5.75 Å². The lowest BCUT2D eigenvalue weighted by Gasteiger charge is -2.30. The monoisotopic (exact) mass is 390 g/mol. The van der Waals surface area contributed by atoms with E-state index in [2.05, 4.69) is 4.74 Å². The second kappa shape index (κ2) is 8.27. The third-order valence-electron chi connectivity index (χ3n) is 3.72. The lowest BCUT2D eigenvalue weighted by Crippen LogP contribution is -2.42. The zero-order valence-corrected chi connectivity index (χ0v) is 14.1. The van der Waals surface area contributed by atoms with Crippen molar-refractivity contribution in [2.24, 2.45) is 5.92 Å². The Kier molecular flexibility index (Phi) is 6.32. The Labute approximate surface area is 152 Å². The summed E-state index contributed by atoms with van der Waals surface area (Å²) in [5.41, 5.74) is 0.320. The normalized spacial score (nSPS) is 15.3. The van der Waals surface area contributed by atoms with Crippen molar-refractivity contribution in [3.8, 4) is 11.8 Å². The molecule has 6 nitrogen and oxygen atoms in total. The molecule has 1 aliphatic heterocycles. The third-order valence-corrected chi connectivity index (χ3v) is 4.01. The quantitative estimate of drug-likeness (QED) is 0.582. The summed E-state index contributed by atoms with van der Waals surface area (Å²) in [6.07, 6.45) is -5.19. The van der Waals surface area contributed by atoms with E-state index in [1.165, 1.54) is 18.2 Å². The molecule has 1 aliphatic rings. The van der Waals surface area contributed by atoms with Crippen LogP contribution in [0, 0.1) is 17.2 Å². The molecule has 1 saturated heterocycles. The van der Waals surface area contributed by atoms with Gasteiger partial charge in [0.2, 0.25) is 0 Å². The molecule has 26 heavy (non-hydrogen) atoms. The molecule has 1 fully saturated rings. The topological polar surface area (TPSA) is 79.6 Å². The van der Waals surface area contributed by atoms with Crippen LogP contribution in [0.4, 0.5) is 18.0 Å². The highest BCUT2D eigenvalue weighted by molar-refractivity contribution is 6.32. The van der Waals surface area contributed by atoms with Crippen molar-refractivity contribution >= 4 is 23.7 Å². The summed E-state index contributed by atoms with van der Waals surface area (Å²) in [6.45, 7) is -1.49. The Balaban J connectivity index is 1.85. The molecule has 0 radical (unpaired) electrons. The molecule has 0 unspecified atom stereocenters. The molecule has 0 N–H and O–H groups in total. The highest BCUT2D eigenvalue weighted by Crippen LogP contribution is 2.28. The summed E-state index contributed by atoms with van der Waals surface area (Å²) >= 11 is 5.94. The van der Waals surface area contributed by atoms with Crippen molar-refractivity contribution < 1.29 is 32.2 Å². The smallest absolute Gasteiger partial charge is 0.422 e. The van der Waals surface area contributed by atoms with Crippen LogP contribution >= 0.6 is 11.6 Å². The zero-order chi connectivity index (χ0) is 19.3. The number of benzene rings is 1. The van der Waals surface area contributed by atoms with E-state index in [-0.39, 0.29) is 36.7 Å². The Morgan fingerprint density at radius 3 is 2.50 bits per heavy atom. The Bertz CT molecular complexity index is 725. The van der Waals surface area contributed by atoms with Crippen LogP contribution in [0.2, 0.25) is 5.02 Å². The average Bonchev–Trinajstić information content (AvgIpc) is 2.60. The summed E-state index contributed by atoms with van der Waals surface area (Å²) in [5, 5.41) is 8.89. The van der Waals surface area contributed by atoms with Crippen molar-refractivity contribution in [3.63, 3.8) is 0 Å². The van der Waals surface area contributed by atoms with Crippen LogP contribution in [-0.2, 0) is 9.53 Å². The number of ether oxygens (including phenoxy) is 2. The van der Waals surface area contributed by atoms with E-state index in [9.17, 15) is 22.8 Å². The number of alkyl halides is 3. The number of piperidine rings is 1. The fraction of sp³-hybridized carbons (Fsp3) is 0.438. The highest BCUT2D eigenvalue weighted by Gasteiger charge is 2.33. The van der Waals surface area contributed by atoms with Crippen LogP contribution in [0.15, 0.2) is 18.2 Å². The Hall–Kier alpha value is -2.47. The van der Waals surface area contributed by atoms with Gasteiger partial charge in [-0.15, -0.1) is 0 Å². The zero-order valence-electron chi connectivity index (χ0n) is 13.4. The van der Waals surface area contributed by atoms with Crippen LogP contribution in [-0.4, -0.2) is 42.8 Å². The largest absolute Gasteiger partial charge is 0.440 e. The lowest BCUT2D eigenvalue weighted by atomic mass is 9.97. The number of esters is 1. The van der Waals surface area contributed by atoms with Gasteiger partial charge >= 0.3 is 18.2 Å². The number of nitriles is 1. The molecule has 0 aromatic heterocycles. The van der Waals surface area contributed by atoms with Crippen molar-refractivity contribution in [2.45, 2.75) is 19.0 Å². The minimum absolute atomic E-state index is 0.0809. The molecule has 10 heteroatoms. The number of amides is 1. The molecule has 1 aromatic carbocycles. The maximum Gasteiger partial charge on any atom is 0.422 e. The second-order valence-corrected chi connectivity index (χ2v) is 6.02. The number of hydrogen-bond donors (Lipinski definition) is 0. The minimum Gasteiger partial charge on any atom is -0.440 e. The van der Waals surface area contributed by atoms with Gasteiger partial charge in [0, 0.05) is 13.1 Å². The van der Waals surface area contributed by atoms with E-state index >= 15 is 0 Å². The predicted octanol–water partition coefficient (Wildman–Crippen LogP) is 3.53. The van der Waals surface area contributed by atoms with Crippen molar-refractivity contribution in [3.05, 3.63) is 28.8 Å². The predicted molar refractivity (Wildman–Crippen MR) is 83.5 cm³/mol. The lowest BCUT2D eigenvalue weighted by molar-refractivity contribution is -0.162. The molecular formula is C16H14ClF3N2O4. The number of likely N-dealkylation sites (tertiary alicyclic amines) is 1. The number of rotatable bonds is 3. The van der Waals surface area contributed by atoms with Crippen LogP contribution < -0.4 is 4.74 Å². The van der Waals surface area contributed by atoms with Gasteiger partial charge < -0.3 is 14.4 Å². The van der Waals surface area contributed by atoms with Gasteiger partial charge in [-0.1, -0.05) is 11.6 Å². The van der Waals surface area contributed by atoms with Gasteiger partial charge in [0.15, 0.2) is 6.61 Å². The van der Waals surface area contributed by atoms with Gasteiger partial charge in [0.25, 0.3) is 0 Å². The van der Waals surface area contributed by atoms with Gasteiger partial charge in [-0.05, 0) is 31.0 Å². The van der Waals surface area contributed by atoms with E-state index in [0.717, 1.165) is 4.90 Å².